The molecule has 0 bridgehead atoms. The van der Waals surface area contributed by atoms with E-state index in [9.17, 15) is 9.18 Å². The highest BCUT2D eigenvalue weighted by molar-refractivity contribution is 9.10. The van der Waals surface area contributed by atoms with Crippen LogP contribution in [-0.2, 0) is 11.3 Å². The van der Waals surface area contributed by atoms with Crippen LogP contribution < -0.4 is 5.32 Å². The van der Waals surface area contributed by atoms with E-state index in [1.165, 1.54) is 6.07 Å². The van der Waals surface area contributed by atoms with Crippen LogP contribution in [0.25, 0.3) is 23.0 Å². The van der Waals surface area contributed by atoms with Crippen molar-refractivity contribution in [3.8, 4) is 23.0 Å². The summed E-state index contributed by atoms with van der Waals surface area (Å²) in [5.41, 5.74) is 2.27. The Labute approximate surface area is 180 Å². The average molecular weight is 469 g/mol. The Kier molecular flexibility index (Phi) is 5.76. The summed E-state index contributed by atoms with van der Waals surface area (Å²) >= 11 is 3.15. The highest BCUT2D eigenvalue weighted by Gasteiger charge is 2.17. The van der Waals surface area contributed by atoms with Crippen molar-refractivity contribution in [1.82, 2.24) is 20.0 Å². The number of halogens is 2. The number of rotatable bonds is 6. The van der Waals surface area contributed by atoms with E-state index < -0.39 is 0 Å². The van der Waals surface area contributed by atoms with Crippen molar-refractivity contribution < 1.29 is 13.7 Å². The van der Waals surface area contributed by atoms with E-state index in [1.807, 2.05) is 43.3 Å². The Morgan fingerprint density at radius 3 is 2.77 bits per heavy atom. The molecule has 2 heterocycles. The van der Waals surface area contributed by atoms with Crippen LogP contribution in [0.4, 0.5) is 4.39 Å². The lowest BCUT2D eigenvalue weighted by Crippen LogP contribution is -2.30. The number of hydrogen-bond donors (Lipinski definition) is 1. The van der Waals surface area contributed by atoms with Crippen LogP contribution in [0.3, 0.4) is 0 Å². The van der Waals surface area contributed by atoms with Gasteiger partial charge < -0.3 is 14.4 Å². The molecule has 152 valence electrons. The van der Waals surface area contributed by atoms with Crippen LogP contribution in [0.2, 0.25) is 0 Å². The summed E-state index contributed by atoms with van der Waals surface area (Å²) in [6, 6.07) is 17.7. The maximum atomic E-state index is 13.5. The molecule has 0 aliphatic carbocycles. The first kappa shape index (κ1) is 20.0. The lowest BCUT2D eigenvalue weighted by atomic mass is 10.1. The zero-order valence-corrected chi connectivity index (χ0v) is 17.6. The predicted molar refractivity (Wildman–Crippen MR) is 114 cm³/mol. The quantitative estimate of drug-likeness (QED) is 0.432. The van der Waals surface area contributed by atoms with Gasteiger partial charge in [0.1, 0.15) is 18.1 Å². The van der Waals surface area contributed by atoms with Crippen molar-refractivity contribution in [1.29, 1.82) is 0 Å². The molecule has 0 unspecified atom stereocenters. The molecule has 2 aromatic carbocycles. The second-order valence-corrected chi connectivity index (χ2v) is 7.63. The molecule has 4 aromatic rings. The summed E-state index contributed by atoms with van der Waals surface area (Å²) < 4.78 is 20.9. The van der Waals surface area contributed by atoms with Crippen LogP contribution >= 0.6 is 15.9 Å². The molecule has 0 aliphatic rings. The molecular weight excluding hydrogens is 451 g/mol. The van der Waals surface area contributed by atoms with Crippen LogP contribution in [0, 0.1) is 5.82 Å². The lowest BCUT2D eigenvalue weighted by Gasteiger charge is -2.15. The van der Waals surface area contributed by atoms with E-state index in [4.69, 9.17) is 4.52 Å². The smallest absolute Gasteiger partial charge is 0.274 e. The third-order valence-electron chi connectivity index (χ3n) is 4.64. The molecule has 6 nitrogen and oxygen atoms in total. The molecule has 1 atom stereocenters. The van der Waals surface area contributed by atoms with Gasteiger partial charge >= 0.3 is 0 Å². The first-order valence-corrected chi connectivity index (χ1v) is 10.1. The fourth-order valence-corrected chi connectivity index (χ4v) is 3.47. The molecule has 1 amide bonds. The number of benzene rings is 2. The number of amides is 1. The van der Waals surface area contributed by atoms with Crippen LogP contribution in [0.15, 0.2) is 75.9 Å². The molecule has 30 heavy (non-hydrogen) atoms. The predicted octanol–water partition coefficient (Wildman–Crippen LogP) is 4.98. The van der Waals surface area contributed by atoms with Gasteiger partial charge in [0, 0.05) is 11.8 Å². The fourth-order valence-electron chi connectivity index (χ4n) is 3.09. The summed E-state index contributed by atoms with van der Waals surface area (Å²) in [7, 11) is 0. The molecule has 0 aliphatic heterocycles. The number of nitrogens with zero attached hydrogens (tertiary/aromatic N) is 3. The normalized spacial score (nSPS) is 12.0. The van der Waals surface area contributed by atoms with Gasteiger partial charge in [-0.1, -0.05) is 35.5 Å². The maximum Gasteiger partial charge on any atom is 0.274 e. The van der Waals surface area contributed by atoms with Gasteiger partial charge in [0.2, 0.25) is 11.7 Å². The highest BCUT2D eigenvalue weighted by atomic mass is 79.9. The van der Waals surface area contributed by atoms with Crippen LogP contribution in [0.5, 0.6) is 0 Å². The zero-order valence-electron chi connectivity index (χ0n) is 16.0. The summed E-state index contributed by atoms with van der Waals surface area (Å²) in [6.45, 7) is 2.05. The first-order valence-electron chi connectivity index (χ1n) is 9.30. The third-order valence-corrected chi connectivity index (χ3v) is 5.25. The Morgan fingerprint density at radius 2 is 2.00 bits per heavy atom. The minimum Gasteiger partial charge on any atom is -0.348 e. The number of hydrogen-bond acceptors (Lipinski definition) is 4. The standard InChI is InChI=1S/C22H18BrFN4O2/c1-14(15-6-3-2-4-7-15)25-20(29)13-28-11-5-8-19(28)22-26-21(27-30-22)16-9-10-18(24)17(23)12-16/h2-12,14H,13H2,1H3,(H,25,29)/t14-/m1/s1. The Bertz CT molecular complexity index is 1170. The Balaban J connectivity index is 1.49. The molecule has 2 aromatic heterocycles. The van der Waals surface area contributed by atoms with Gasteiger partial charge in [-0.05, 0) is 58.7 Å². The van der Waals surface area contributed by atoms with Crippen molar-refractivity contribution in [2.24, 2.45) is 0 Å². The van der Waals surface area contributed by atoms with E-state index in [0.29, 0.717) is 21.6 Å². The summed E-state index contributed by atoms with van der Waals surface area (Å²) in [5, 5.41) is 6.97. The fraction of sp³-hybridized carbons (Fsp3) is 0.136. The molecular formula is C22H18BrFN4O2. The van der Waals surface area contributed by atoms with Crippen molar-refractivity contribution in [2.45, 2.75) is 19.5 Å². The second kappa shape index (κ2) is 8.62. The molecule has 4 rings (SSSR count). The van der Waals surface area contributed by atoms with Crippen LogP contribution in [-0.4, -0.2) is 20.6 Å². The maximum absolute atomic E-state index is 13.5. The minimum absolute atomic E-state index is 0.107. The Morgan fingerprint density at radius 1 is 1.20 bits per heavy atom. The molecule has 0 spiro atoms. The van der Waals surface area contributed by atoms with Gasteiger partial charge in [0.25, 0.3) is 5.89 Å². The van der Waals surface area contributed by atoms with Crippen molar-refractivity contribution in [2.75, 3.05) is 0 Å². The van der Waals surface area contributed by atoms with Gasteiger partial charge in [0.15, 0.2) is 0 Å². The molecule has 1 N–H and O–H groups in total. The summed E-state index contributed by atoms with van der Waals surface area (Å²) in [4.78, 5) is 16.9. The van der Waals surface area contributed by atoms with E-state index in [0.717, 1.165) is 5.56 Å². The largest absolute Gasteiger partial charge is 0.348 e. The number of nitrogens with one attached hydrogen (secondary N) is 1. The van der Waals surface area contributed by atoms with Crippen molar-refractivity contribution in [3.63, 3.8) is 0 Å². The van der Waals surface area contributed by atoms with Crippen molar-refractivity contribution >= 4 is 21.8 Å². The van der Waals surface area contributed by atoms with E-state index >= 15 is 0 Å². The van der Waals surface area contributed by atoms with Crippen LogP contribution in [0.1, 0.15) is 18.5 Å². The van der Waals surface area contributed by atoms with Gasteiger partial charge in [0.05, 0.1) is 10.5 Å². The van der Waals surface area contributed by atoms with Gasteiger partial charge in [-0.25, -0.2) is 4.39 Å². The van der Waals surface area contributed by atoms with E-state index in [2.05, 4.69) is 31.4 Å². The summed E-state index contributed by atoms with van der Waals surface area (Å²) in [5.74, 6) is 0.109. The average Bonchev–Trinajstić information content (AvgIpc) is 3.40. The molecule has 8 heteroatoms. The summed E-state index contributed by atoms with van der Waals surface area (Å²) in [6.07, 6.45) is 1.78. The molecule has 0 radical (unpaired) electrons. The number of carbonyl (C=O) groups excluding carboxylic acids is 1. The highest BCUT2D eigenvalue weighted by Crippen LogP contribution is 2.26. The SMILES string of the molecule is C[C@@H](NC(=O)Cn1cccc1-c1nc(-c2ccc(F)c(Br)c2)no1)c1ccccc1. The monoisotopic (exact) mass is 468 g/mol. The second-order valence-electron chi connectivity index (χ2n) is 6.77. The third kappa shape index (κ3) is 4.33. The topological polar surface area (TPSA) is 73.0 Å². The van der Waals surface area contributed by atoms with Gasteiger partial charge in [-0.3, -0.25) is 4.79 Å². The zero-order chi connectivity index (χ0) is 21.1. The molecule has 0 fully saturated rings. The first-order chi connectivity index (χ1) is 14.5. The number of carbonyl (C=O) groups is 1. The molecule has 0 saturated heterocycles. The number of aromatic nitrogens is 3. The minimum atomic E-state index is -0.368. The van der Waals surface area contributed by atoms with E-state index in [-0.39, 0.29) is 30.2 Å². The lowest BCUT2D eigenvalue weighted by molar-refractivity contribution is -0.122. The van der Waals surface area contributed by atoms with E-state index in [1.54, 1.807) is 29.0 Å². The Hall–Kier alpha value is -3.26. The van der Waals surface area contributed by atoms with Crippen molar-refractivity contribution in [3.05, 3.63) is 82.7 Å². The molecule has 0 saturated carbocycles. The van der Waals surface area contributed by atoms with Gasteiger partial charge in [-0.2, -0.15) is 4.98 Å². The van der Waals surface area contributed by atoms with Gasteiger partial charge in [-0.15, -0.1) is 0 Å².